The third kappa shape index (κ3) is 4.68. The molecule has 0 spiro atoms. The van der Waals surface area contributed by atoms with E-state index < -0.39 is 5.97 Å². The first-order valence-electron chi connectivity index (χ1n) is 12.1. The molecule has 8 heteroatoms. The van der Waals surface area contributed by atoms with Crippen LogP contribution >= 0.6 is 11.3 Å². The second-order valence-electron chi connectivity index (χ2n) is 8.93. The topological polar surface area (TPSA) is 90.3 Å². The number of aromatic nitrogens is 2. The van der Waals surface area contributed by atoms with Crippen LogP contribution in [0, 0.1) is 6.92 Å². The number of aryl methyl sites for hydroxylation is 3. The first-order valence-corrected chi connectivity index (χ1v) is 13.0. The van der Waals surface area contributed by atoms with Gasteiger partial charge in [-0.2, -0.15) is 0 Å². The zero-order valence-electron chi connectivity index (χ0n) is 20.3. The van der Waals surface area contributed by atoms with Gasteiger partial charge in [0.25, 0.3) is 5.56 Å². The quantitative estimate of drug-likeness (QED) is 0.370. The van der Waals surface area contributed by atoms with Crippen LogP contribution in [0.5, 0.6) is 0 Å². The largest absolute Gasteiger partial charge is 0.462 e. The number of carbonyl (C=O) groups excluding carboxylic acids is 2. The van der Waals surface area contributed by atoms with Crippen molar-refractivity contribution in [1.29, 1.82) is 0 Å². The minimum absolute atomic E-state index is 0.171. The van der Waals surface area contributed by atoms with E-state index in [1.54, 1.807) is 42.5 Å². The Bertz CT molecular complexity index is 1520. The number of nitrogens with one attached hydrogen (secondary N) is 1. The number of amides is 1. The first-order chi connectivity index (χ1) is 17.4. The lowest BCUT2D eigenvalue weighted by atomic mass is 9.97. The summed E-state index contributed by atoms with van der Waals surface area (Å²) in [6.45, 7) is 3.86. The fourth-order valence-corrected chi connectivity index (χ4v) is 5.89. The average molecular weight is 502 g/mol. The summed E-state index contributed by atoms with van der Waals surface area (Å²) < 4.78 is 6.49. The number of hydrogen-bond donors (Lipinski definition) is 1. The van der Waals surface area contributed by atoms with Crippen LogP contribution in [0.1, 0.15) is 46.1 Å². The number of benzene rings is 2. The van der Waals surface area contributed by atoms with Gasteiger partial charge in [0, 0.05) is 16.1 Å². The van der Waals surface area contributed by atoms with Crippen molar-refractivity contribution in [3.05, 3.63) is 80.5 Å². The lowest BCUT2D eigenvalue weighted by Gasteiger charge is -2.14. The van der Waals surface area contributed by atoms with Gasteiger partial charge in [0.1, 0.15) is 17.2 Å². The Labute approximate surface area is 212 Å². The molecule has 0 fully saturated rings. The molecule has 0 aliphatic heterocycles. The van der Waals surface area contributed by atoms with E-state index in [9.17, 15) is 14.4 Å². The van der Waals surface area contributed by atoms with E-state index in [0.29, 0.717) is 29.1 Å². The molecule has 1 aliphatic carbocycles. The van der Waals surface area contributed by atoms with Crippen molar-refractivity contribution in [2.45, 2.75) is 46.1 Å². The summed E-state index contributed by atoms with van der Waals surface area (Å²) in [4.78, 5) is 45.7. The maximum atomic E-state index is 13.8. The Kier molecular flexibility index (Phi) is 6.69. The zero-order valence-corrected chi connectivity index (χ0v) is 21.1. The molecular weight excluding hydrogens is 474 g/mol. The molecule has 0 atom stereocenters. The molecule has 5 rings (SSSR count). The van der Waals surface area contributed by atoms with E-state index in [-0.39, 0.29) is 18.0 Å². The number of rotatable bonds is 6. The van der Waals surface area contributed by atoms with Gasteiger partial charge in [-0.3, -0.25) is 14.2 Å². The molecular formula is C28H27N3O4S. The fourth-order valence-electron chi connectivity index (χ4n) is 4.64. The number of carbonyl (C=O) groups is 2. The molecule has 0 saturated carbocycles. The molecule has 1 amide bonds. The van der Waals surface area contributed by atoms with Gasteiger partial charge in [-0.25, -0.2) is 9.78 Å². The molecule has 0 radical (unpaired) electrons. The standard InChI is InChI=1S/C28H27N3O4S/c1-3-35-28(34)18-11-13-20(14-12-18)29-23(32)16-31-25(19-8-6-7-17(2)15-19)30-26-24(27(31)33)21-9-4-5-10-22(21)36-26/h6-8,11-15H,3-5,9-10,16H2,1-2H3,(H,29,32). The van der Waals surface area contributed by atoms with E-state index >= 15 is 0 Å². The normalized spacial score (nSPS) is 12.8. The van der Waals surface area contributed by atoms with Crippen LogP contribution in [0.4, 0.5) is 5.69 Å². The van der Waals surface area contributed by atoms with Gasteiger partial charge in [0.05, 0.1) is 17.6 Å². The number of hydrogen-bond acceptors (Lipinski definition) is 6. The zero-order chi connectivity index (χ0) is 25.2. The smallest absolute Gasteiger partial charge is 0.338 e. The lowest BCUT2D eigenvalue weighted by molar-refractivity contribution is -0.116. The number of ether oxygens (including phenoxy) is 1. The van der Waals surface area contributed by atoms with Crippen LogP contribution < -0.4 is 10.9 Å². The Morgan fingerprint density at radius 2 is 1.89 bits per heavy atom. The van der Waals surface area contributed by atoms with Gasteiger partial charge in [0.2, 0.25) is 5.91 Å². The molecule has 2 aromatic heterocycles. The number of esters is 1. The minimum Gasteiger partial charge on any atom is -0.462 e. The summed E-state index contributed by atoms with van der Waals surface area (Å²) in [5.74, 6) is -0.272. The molecule has 7 nitrogen and oxygen atoms in total. The highest BCUT2D eigenvalue weighted by atomic mass is 32.1. The molecule has 36 heavy (non-hydrogen) atoms. The summed E-state index contributed by atoms with van der Waals surface area (Å²) >= 11 is 1.60. The van der Waals surface area contributed by atoms with Crippen molar-refractivity contribution in [2.75, 3.05) is 11.9 Å². The lowest BCUT2D eigenvalue weighted by Crippen LogP contribution is -2.30. The van der Waals surface area contributed by atoms with Crippen LogP contribution in [-0.2, 0) is 28.9 Å². The van der Waals surface area contributed by atoms with Crippen molar-refractivity contribution in [1.82, 2.24) is 9.55 Å². The molecule has 0 bridgehead atoms. The number of anilines is 1. The van der Waals surface area contributed by atoms with Gasteiger partial charge >= 0.3 is 5.97 Å². The number of nitrogens with zero attached hydrogens (tertiary/aromatic N) is 2. The Morgan fingerprint density at radius 3 is 2.64 bits per heavy atom. The molecule has 2 aromatic carbocycles. The second-order valence-corrected chi connectivity index (χ2v) is 10.0. The molecule has 1 aliphatic rings. The molecule has 184 valence electrons. The fraction of sp³-hybridized carbons (Fsp3) is 0.286. The SMILES string of the molecule is CCOC(=O)c1ccc(NC(=O)Cn2c(-c3cccc(C)c3)nc3sc4c(c3c2=O)CCCC4)cc1. The highest BCUT2D eigenvalue weighted by molar-refractivity contribution is 7.18. The van der Waals surface area contributed by atoms with E-state index in [1.165, 1.54) is 9.44 Å². The maximum Gasteiger partial charge on any atom is 0.338 e. The van der Waals surface area contributed by atoms with Crippen LogP contribution in [0.2, 0.25) is 0 Å². The Morgan fingerprint density at radius 1 is 1.11 bits per heavy atom. The van der Waals surface area contributed by atoms with Crippen molar-refractivity contribution in [3.63, 3.8) is 0 Å². The van der Waals surface area contributed by atoms with Crippen molar-refractivity contribution < 1.29 is 14.3 Å². The van der Waals surface area contributed by atoms with Gasteiger partial charge in [0.15, 0.2) is 0 Å². The summed E-state index contributed by atoms with van der Waals surface area (Å²) in [5.41, 5.74) is 3.70. The number of thiophene rings is 1. The van der Waals surface area contributed by atoms with Crippen molar-refractivity contribution in [2.24, 2.45) is 0 Å². The molecule has 2 heterocycles. The molecule has 0 saturated heterocycles. The maximum absolute atomic E-state index is 13.8. The summed E-state index contributed by atoms with van der Waals surface area (Å²) in [6.07, 6.45) is 4.02. The van der Waals surface area contributed by atoms with E-state index in [0.717, 1.165) is 47.2 Å². The molecule has 0 unspecified atom stereocenters. The highest BCUT2D eigenvalue weighted by Crippen LogP contribution is 2.35. The number of fused-ring (bicyclic) bond motifs is 3. The summed E-state index contributed by atoms with van der Waals surface area (Å²) in [7, 11) is 0. The summed E-state index contributed by atoms with van der Waals surface area (Å²) in [6, 6.07) is 14.3. The summed E-state index contributed by atoms with van der Waals surface area (Å²) in [5, 5.41) is 3.48. The Hall–Kier alpha value is -3.78. The molecule has 4 aromatic rings. The van der Waals surface area contributed by atoms with Gasteiger partial charge in [-0.1, -0.05) is 23.8 Å². The first kappa shape index (κ1) is 23.9. The third-order valence-corrected chi connectivity index (χ3v) is 7.52. The van der Waals surface area contributed by atoms with E-state index in [2.05, 4.69) is 5.32 Å². The minimum atomic E-state index is -0.414. The average Bonchev–Trinajstić information content (AvgIpc) is 3.25. The van der Waals surface area contributed by atoms with Crippen LogP contribution in [0.15, 0.2) is 53.3 Å². The van der Waals surface area contributed by atoms with E-state index in [4.69, 9.17) is 9.72 Å². The van der Waals surface area contributed by atoms with Crippen molar-refractivity contribution in [3.8, 4) is 11.4 Å². The van der Waals surface area contributed by atoms with Gasteiger partial charge < -0.3 is 10.1 Å². The Balaban J connectivity index is 1.51. The van der Waals surface area contributed by atoms with Gasteiger partial charge in [-0.05, 0) is 75.4 Å². The predicted octanol–water partition coefficient (Wildman–Crippen LogP) is 5.13. The van der Waals surface area contributed by atoms with Gasteiger partial charge in [-0.15, -0.1) is 11.3 Å². The van der Waals surface area contributed by atoms with E-state index in [1.807, 2.05) is 31.2 Å². The third-order valence-electron chi connectivity index (χ3n) is 6.33. The molecule has 1 N–H and O–H groups in total. The predicted molar refractivity (Wildman–Crippen MR) is 142 cm³/mol. The van der Waals surface area contributed by atoms with Crippen molar-refractivity contribution >= 4 is 39.1 Å². The van der Waals surface area contributed by atoms with Crippen LogP contribution in [0.25, 0.3) is 21.6 Å². The van der Waals surface area contributed by atoms with Crippen LogP contribution in [-0.4, -0.2) is 28.0 Å². The monoisotopic (exact) mass is 501 g/mol. The highest BCUT2D eigenvalue weighted by Gasteiger charge is 2.23. The van der Waals surface area contributed by atoms with Crippen LogP contribution in [0.3, 0.4) is 0 Å². The second kappa shape index (κ2) is 10.1.